The van der Waals surface area contributed by atoms with Gasteiger partial charge in [-0.25, -0.2) is 4.98 Å². The summed E-state index contributed by atoms with van der Waals surface area (Å²) in [6.07, 6.45) is 5.63. The molecule has 5 amide bonds. The van der Waals surface area contributed by atoms with Gasteiger partial charge in [0.15, 0.2) is 0 Å². The summed E-state index contributed by atoms with van der Waals surface area (Å²) in [4.78, 5) is 69.5. The third-order valence-corrected chi connectivity index (χ3v) is 7.38. The van der Waals surface area contributed by atoms with E-state index in [1.54, 1.807) is 12.5 Å². The molecule has 3 rings (SSSR count). The van der Waals surface area contributed by atoms with E-state index in [-0.39, 0.29) is 24.7 Å². The van der Waals surface area contributed by atoms with Gasteiger partial charge in [0.05, 0.1) is 18.6 Å². The van der Waals surface area contributed by atoms with Crippen molar-refractivity contribution >= 4 is 29.5 Å². The molecule has 1 aliphatic rings. The quantitative estimate of drug-likeness (QED) is 0.186. The predicted octanol–water partition coefficient (Wildman–Crippen LogP) is -0.343. The molecular weight excluding hydrogens is 554 g/mol. The summed E-state index contributed by atoms with van der Waals surface area (Å²) in [6.45, 7) is 5.61. The normalized spacial score (nSPS) is 16.8. The zero-order valence-electron chi connectivity index (χ0n) is 25.0. The van der Waals surface area contributed by atoms with Gasteiger partial charge in [0, 0.05) is 32.6 Å². The van der Waals surface area contributed by atoms with E-state index in [4.69, 9.17) is 5.73 Å². The van der Waals surface area contributed by atoms with Crippen LogP contribution >= 0.6 is 0 Å². The molecule has 1 aromatic heterocycles. The molecular formula is C30H43N7O6. The van der Waals surface area contributed by atoms with Crippen molar-refractivity contribution in [3.63, 3.8) is 0 Å². The maximum atomic E-state index is 13.6. The second-order valence-corrected chi connectivity index (χ2v) is 11.3. The number of amides is 5. The minimum atomic E-state index is -1.35. The van der Waals surface area contributed by atoms with Crippen molar-refractivity contribution in [2.24, 2.45) is 11.7 Å². The number of aromatic nitrogens is 2. The first-order valence-electron chi connectivity index (χ1n) is 14.6. The van der Waals surface area contributed by atoms with Gasteiger partial charge in [-0.3, -0.25) is 24.0 Å². The minimum Gasteiger partial charge on any atom is -0.394 e. The van der Waals surface area contributed by atoms with Crippen LogP contribution in [0.3, 0.4) is 0 Å². The van der Waals surface area contributed by atoms with Gasteiger partial charge in [-0.05, 0) is 37.2 Å². The van der Waals surface area contributed by atoms with E-state index in [0.717, 1.165) is 12.0 Å². The fraction of sp³-hybridized carbons (Fsp3) is 0.533. The summed E-state index contributed by atoms with van der Waals surface area (Å²) in [5.74, 6) is -2.89. The number of nitrogens with one attached hydrogen (secondary N) is 3. The molecule has 2 aromatic rings. The Morgan fingerprint density at radius 1 is 1.02 bits per heavy atom. The lowest BCUT2D eigenvalue weighted by atomic mass is 10.0. The number of aliphatic hydroxyl groups is 1. The third-order valence-electron chi connectivity index (χ3n) is 7.38. The summed E-state index contributed by atoms with van der Waals surface area (Å²) >= 11 is 0. The fourth-order valence-corrected chi connectivity index (χ4v) is 5.09. The van der Waals surface area contributed by atoms with Gasteiger partial charge in [0.25, 0.3) is 0 Å². The topological polar surface area (TPSA) is 189 Å². The van der Waals surface area contributed by atoms with Crippen LogP contribution in [0.5, 0.6) is 0 Å². The van der Waals surface area contributed by atoms with Crippen LogP contribution in [0, 0.1) is 5.92 Å². The summed E-state index contributed by atoms with van der Waals surface area (Å²) in [5, 5.41) is 17.4. The lowest BCUT2D eigenvalue weighted by Crippen LogP contribution is -2.59. The van der Waals surface area contributed by atoms with Gasteiger partial charge >= 0.3 is 0 Å². The number of benzene rings is 1. The highest BCUT2D eigenvalue weighted by Crippen LogP contribution is 2.18. The molecule has 0 radical (unpaired) electrons. The smallest absolute Gasteiger partial charge is 0.243 e. The van der Waals surface area contributed by atoms with Crippen molar-refractivity contribution < 1.29 is 29.1 Å². The number of nitrogens with zero attached hydrogens (tertiary/aromatic N) is 3. The van der Waals surface area contributed by atoms with E-state index in [1.807, 2.05) is 48.7 Å². The molecule has 13 heteroatoms. The number of nitrogens with two attached hydrogens (primary N) is 1. The number of hydrogen-bond acceptors (Lipinski definition) is 7. The molecule has 6 N–H and O–H groups in total. The fourth-order valence-electron chi connectivity index (χ4n) is 5.09. The highest BCUT2D eigenvalue weighted by atomic mass is 16.3. The maximum Gasteiger partial charge on any atom is 0.243 e. The Bertz CT molecular complexity index is 1260. The largest absolute Gasteiger partial charge is 0.394 e. The summed E-state index contributed by atoms with van der Waals surface area (Å²) in [7, 11) is 0. The number of rotatable bonds is 15. The molecule has 0 saturated carbocycles. The van der Waals surface area contributed by atoms with Gasteiger partial charge in [-0.1, -0.05) is 44.2 Å². The van der Waals surface area contributed by atoms with Crippen LogP contribution in [-0.2, 0) is 43.4 Å². The van der Waals surface area contributed by atoms with E-state index in [9.17, 15) is 29.1 Å². The van der Waals surface area contributed by atoms with Gasteiger partial charge < -0.3 is 36.3 Å². The molecule has 1 saturated heterocycles. The summed E-state index contributed by atoms with van der Waals surface area (Å²) < 4.78 is 1.88. The van der Waals surface area contributed by atoms with Crippen molar-refractivity contribution in [1.29, 1.82) is 0 Å². The number of primary amides is 1. The van der Waals surface area contributed by atoms with Crippen LogP contribution in [0.1, 0.15) is 51.3 Å². The molecule has 43 heavy (non-hydrogen) atoms. The van der Waals surface area contributed by atoms with E-state index < -0.39 is 54.4 Å². The number of hydrogen-bond donors (Lipinski definition) is 5. The molecule has 0 aliphatic carbocycles. The van der Waals surface area contributed by atoms with Crippen LogP contribution in [0.15, 0.2) is 42.9 Å². The molecule has 1 aliphatic heterocycles. The monoisotopic (exact) mass is 597 g/mol. The molecule has 1 fully saturated rings. The van der Waals surface area contributed by atoms with E-state index in [1.165, 1.54) is 11.8 Å². The molecule has 13 nitrogen and oxygen atoms in total. The van der Waals surface area contributed by atoms with Gasteiger partial charge in [0.2, 0.25) is 29.5 Å². The first kappa shape index (κ1) is 33.2. The van der Waals surface area contributed by atoms with Crippen LogP contribution in [0.25, 0.3) is 0 Å². The lowest BCUT2D eigenvalue weighted by molar-refractivity contribution is -0.138. The van der Waals surface area contributed by atoms with Crippen molar-refractivity contribution in [3.8, 4) is 0 Å². The Hall–Kier alpha value is -4.26. The average molecular weight is 598 g/mol. The van der Waals surface area contributed by atoms with Crippen LogP contribution in [-0.4, -0.2) is 86.4 Å². The van der Waals surface area contributed by atoms with Crippen molar-refractivity contribution in [3.05, 3.63) is 54.1 Å². The first-order chi connectivity index (χ1) is 20.5. The zero-order chi connectivity index (χ0) is 31.5. The van der Waals surface area contributed by atoms with E-state index >= 15 is 0 Å². The highest BCUT2D eigenvalue weighted by Gasteiger charge is 2.36. The number of carbonyl (C=O) groups is 5. The number of aliphatic hydroxyl groups excluding tert-OH is 1. The number of imidazole rings is 1. The van der Waals surface area contributed by atoms with Gasteiger partial charge in [0.1, 0.15) is 24.2 Å². The number of likely N-dealkylation sites (tertiary alicyclic amines) is 1. The molecule has 0 unspecified atom stereocenters. The van der Waals surface area contributed by atoms with E-state index in [2.05, 4.69) is 20.9 Å². The zero-order valence-corrected chi connectivity index (χ0v) is 25.0. The Labute approximate surface area is 251 Å². The molecule has 0 spiro atoms. The Kier molecular flexibility index (Phi) is 12.2. The van der Waals surface area contributed by atoms with Crippen molar-refractivity contribution in [1.82, 2.24) is 30.4 Å². The first-order valence-corrected chi connectivity index (χ1v) is 14.6. The Morgan fingerprint density at radius 3 is 2.33 bits per heavy atom. The molecule has 1 aromatic carbocycles. The summed E-state index contributed by atoms with van der Waals surface area (Å²) in [5.41, 5.74) is 6.96. The average Bonchev–Trinajstić information content (AvgIpc) is 3.64. The molecule has 2 heterocycles. The van der Waals surface area contributed by atoms with Crippen LogP contribution in [0.2, 0.25) is 0 Å². The standard InChI is InChI=1S/C30H43N7O6/c1-19(2)14-23(34-30(43)26-10-7-12-37(26)20(3)39)28(41)33-24(29(42)35-25(17-38)27(31)40)15-22-16-36(18-32-22)13-11-21-8-5-4-6-9-21/h4-6,8-9,16,18-19,23-26,38H,7,10-15,17H2,1-3H3,(H2,31,40)(H,33,41)(H,34,43)(H,35,42)/t23-,24-,25-,26-/m0/s1. The lowest BCUT2D eigenvalue weighted by Gasteiger charge is -2.27. The number of carbonyl (C=O) groups excluding carboxylic acids is 5. The highest BCUT2D eigenvalue weighted by molar-refractivity contribution is 5.95. The predicted molar refractivity (Wildman–Crippen MR) is 158 cm³/mol. The second-order valence-electron chi connectivity index (χ2n) is 11.3. The molecule has 4 atom stereocenters. The van der Waals surface area contributed by atoms with Crippen molar-refractivity contribution in [2.45, 2.75) is 83.6 Å². The van der Waals surface area contributed by atoms with E-state index in [0.29, 0.717) is 31.6 Å². The molecule has 234 valence electrons. The van der Waals surface area contributed by atoms with Crippen molar-refractivity contribution in [2.75, 3.05) is 13.2 Å². The minimum absolute atomic E-state index is 0.0180. The van der Waals surface area contributed by atoms with Gasteiger partial charge in [-0.2, -0.15) is 0 Å². The Balaban J connectivity index is 1.76. The third kappa shape index (κ3) is 9.91. The maximum absolute atomic E-state index is 13.6. The second kappa shape index (κ2) is 15.8. The van der Waals surface area contributed by atoms with Gasteiger partial charge in [-0.15, -0.1) is 0 Å². The Morgan fingerprint density at radius 2 is 1.70 bits per heavy atom. The number of aryl methyl sites for hydroxylation is 2. The van der Waals surface area contributed by atoms with Crippen LogP contribution < -0.4 is 21.7 Å². The summed E-state index contributed by atoms with van der Waals surface area (Å²) in [6, 6.07) is 5.76. The molecule has 0 bridgehead atoms. The SMILES string of the molecule is CC(=O)N1CCC[C@H]1C(=O)N[C@@H](CC(C)C)C(=O)N[C@@H](Cc1cn(CCc2ccccc2)cn1)C(=O)N[C@@H](CO)C(N)=O. The van der Waals surface area contributed by atoms with Crippen LogP contribution in [0.4, 0.5) is 0 Å².